The summed E-state index contributed by atoms with van der Waals surface area (Å²) in [6.07, 6.45) is 6.41. The number of amides is 1. The molecule has 7 heteroatoms. The molecule has 1 N–H and O–H groups in total. The highest BCUT2D eigenvalue weighted by Crippen LogP contribution is 2.37. The molecule has 0 bridgehead atoms. The SMILES string of the molecule is CCOc1ccccc1OC1CCN(CC(=O)Nc2c(C#N)c(C)c(C)n2C2CCCC2)CC1. The van der Waals surface area contributed by atoms with Crippen molar-refractivity contribution in [1.82, 2.24) is 9.47 Å². The van der Waals surface area contributed by atoms with Crippen molar-refractivity contribution in [2.45, 2.75) is 71.4 Å². The van der Waals surface area contributed by atoms with E-state index in [0.717, 1.165) is 61.5 Å². The second-order valence-electron chi connectivity index (χ2n) is 9.38. The van der Waals surface area contributed by atoms with Gasteiger partial charge in [0.2, 0.25) is 5.91 Å². The minimum absolute atomic E-state index is 0.0608. The highest BCUT2D eigenvalue weighted by Gasteiger charge is 2.28. The number of piperidine rings is 1. The fourth-order valence-corrected chi connectivity index (χ4v) is 5.27. The van der Waals surface area contributed by atoms with E-state index in [4.69, 9.17) is 9.47 Å². The fourth-order valence-electron chi connectivity index (χ4n) is 5.27. The number of aromatic nitrogens is 1. The molecule has 0 atom stereocenters. The van der Waals surface area contributed by atoms with Crippen LogP contribution < -0.4 is 14.8 Å². The Balaban J connectivity index is 1.35. The predicted molar refractivity (Wildman–Crippen MR) is 132 cm³/mol. The Kier molecular flexibility index (Phi) is 7.79. The highest BCUT2D eigenvalue weighted by molar-refractivity contribution is 5.93. The van der Waals surface area contributed by atoms with E-state index in [-0.39, 0.29) is 12.0 Å². The first-order valence-corrected chi connectivity index (χ1v) is 12.5. The van der Waals surface area contributed by atoms with Crippen molar-refractivity contribution in [1.29, 1.82) is 5.26 Å². The summed E-state index contributed by atoms with van der Waals surface area (Å²) >= 11 is 0. The van der Waals surface area contributed by atoms with Gasteiger partial charge in [-0.05, 0) is 64.2 Å². The van der Waals surface area contributed by atoms with Gasteiger partial charge in [0.05, 0.1) is 18.7 Å². The van der Waals surface area contributed by atoms with Crippen molar-refractivity contribution < 1.29 is 14.3 Å². The van der Waals surface area contributed by atoms with Crippen molar-refractivity contribution in [3.05, 3.63) is 41.1 Å². The molecule has 0 radical (unpaired) electrons. The number of anilines is 1. The first kappa shape index (κ1) is 24.2. The molecule has 0 unspecified atom stereocenters. The van der Waals surface area contributed by atoms with Gasteiger partial charge in [-0.3, -0.25) is 9.69 Å². The first-order valence-electron chi connectivity index (χ1n) is 12.5. The van der Waals surface area contributed by atoms with Crippen molar-refractivity contribution >= 4 is 11.7 Å². The molecule has 2 fully saturated rings. The molecular formula is C27H36N4O3. The number of carbonyl (C=O) groups is 1. The average molecular weight is 465 g/mol. The lowest BCUT2D eigenvalue weighted by Crippen LogP contribution is -2.42. The number of ether oxygens (including phenoxy) is 2. The largest absolute Gasteiger partial charge is 0.490 e. The van der Waals surface area contributed by atoms with Gasteiger partial charge < -0.3 is 19.4 Å². The summed E-state index contributed by atoms with van der Waals surface area (Å²) in [6, 6.07) is 10.5. The summed E-state index contributed by atoms with van der Waals surface area (Å²) < 4.78 is 14.1. The summed E-state index contributed by atoms with van der Waals surface area (Å²) in [5.74, 6) is 2.17. The molecule has 34 heavy (non-hydrogen) atoms. The Hall–Kier alpha value is -2.98. The van der Waals surface area contributed by atoms with Crippen LogP contribution in [0.4, 0.5) is 5.82 Å². The quantitative estimate of drug-likeness (QED) is 0.597. The second kappa shape index (κ2) is 11.0. The average Bonchev–Trinajstić information content (AvgIpc) is 3.43. The van der Waals surface area contributed by atoms with E-state index in [1.807, 2.05) is 38.1 Å². The molecule has 2 aromatic rings. The Morgan fingerprint density at radius 3 is 2.44 bits per heavy atom. The van der Waals surface area contributed by atoms with Crippen molar-refractivity contribution in [3.8, 4) is 17.6 Å². The number of nitrogens with zero attached hydrogens (tertiary/aromatic N) is 3. The van der Waals surface area contributed by atoms with Crippen molar-refractivity contribution in [3.63, 3.8) is 0 Å². The number of nitrogens with one attached hydrogen (secondary N) is 1. The number of hydrogen-bond acceptors (Lipinski definition) is 5. The molecule has 0 spiro atoms. The number of rotatable bonds is 8. The van der Waals surface area contributed by atoms with Crippen LogP contribution in [0.5, 0.6) is 11.5 Å². The fraction of sp³-hybridized carbons (Fsp3) is 0.556. The first-order chi connectivity index (χ1) is 16.5. The third-order valence-electron chi connectivity index (χ3n) is 7.16. The van der Waals surface area contributed by atoms with Gasteiger partial charge >= 0.3 is 0 Å². The third-order valence-corrected chi connectivity index (χ3v) is 7.16. The summed E-state index contributed by atoms with van der Waals surface area (Å²) in [7, 11) is 0. The van der Waals surface area contributed by atoms with Gasteiger partial charge in [-0.2, -0.15) is 5.26 Å². The smallest absolute Gasteiger partial charge is 0.239 e. The number of benzene rings is 1. The minimum atomic E-state index is -0.0608. The molecule has 2 aliphatic rings. The van der Waals surface area contributed by atoms with E-state index in [2.05, 4.69) is 27.8 Å². The molecule has 1 aromatic heterocycles. The molecule has 1 aliphatic carbocycles. The van der Waals surface area contributed by atoms with Gasteiger partial charge in [0.25, 0.3) is 0 Å². The van der Waals surface area contributed by atoms with Crippen LogP contribution in [0, 0.1) is 25.2 Å². The van der Waals surface area contributed by atoms with Crippen LogP contribution in [0.25, 0.3) is 0 Å². The number of likely N-dealkylation sites (tertiary alicyclic amines) is 1. The van der Waals surface area contributed by atoms with Crippen LogP contribution in [0.15, 0.2) is 24.3 Å². The molecule has 1 amide bonds. The molecule has 7 nitrogen and oxygen atoms in total. The van der Waals surface area contributed by atoms with Gasteiger partial charge in [0, 0.05) is 24.8 Å². The minimum Gasteiger partial charge on any atom is -0.490 e. The maximum atomic E-state index is 13.0. The summed E-state index contributed by atoms with van der Waals surface area (Å²) in [4.78, 5) is 15.2. The van der Waals surface area contributed by atoms with E-state index in [1.54, 1.807) is 0 Å². The Labute approximate surface area is 202 Å². The van der Waals surface area contributed by atoms with E-state index in [1.165, 1.54) is 12.8 Å². The highest BCUT2D eigenvalue weighted by atomic mass is 16.5. The number of nitriles is 1. The van der Waals surface area contributed by atoms with Crippen LogP contribution in [-0.4, -0.2) is 47.7 Å². The van der Waals surface area contributed by atoms with Gasteiger partial charge in [-0.15, -0.1) is 0 Å². The summed E-state index contributed by atoms with van der Waals surface area (Å²) in [5.41, 5.74) is 2.65. The Bertz CT molecular complexity index is 1040. The molecule has 2 heterocycles. The molecule has 1 saturated carbocycles. The van der Waals surface area contributed by atoms with E-state index in [0.29, 0.717) is 30.6 Å². The zero-order valence-corrected chi connectivity index (χ0v) is 20.6. The standard InChI is InChI=1S/C27H36N4O3/c1-4-33-24-11-7-8-12-25(24)34-22-13-15-30(16-14-22)18-26(32)29-27-23(17-28)19(2)20(3)31(27)21-9-5-6-10-21/h7-8,11-12,21-22H,4-6,9-10,13-16,18H2,1-3H3,(H,29,32). The summed E-state index contributed by atoms with van der Waals surface area (Å²) in [5, 5.41) is 12.9. The van der Waals surface area contributed by atoms with Gasteiger partial charge in [0.15, 0.2) is 11.5 Å². The van der Waals surface area contributed by atoms with Crippen LogP contribution in [-0.2, 0) is 4.79 Å². The van der Waals surface area contributed by atoms with E-state index in [9.17, 15) is 10.1 Å². The van der Waals surface area contributed by atoms with Gasteiger partial charge in [-0.25, -0.2) is 0 Å². The molecule has 182 valence electrons. The third kappa shape index (κ3) is 5.23. The maximum Gasteiger partial charge on any atom is 0.239 e. The molecule has 1 aromatic carbocycles. The maximum absolute atomic E-state index is 13.0. The molecule has 4 rings (SSSR count). The van der Waals surface area contributed by atoms with Crippen molar-refractivity contribution in [2.24, 2.45) is 0 Å². The number of hydrogen-bond donors (Lipinski definition) is 1. The van der Waals surface area contributed by atoms with E-state index < -0.39 is 0 Å². The Morgan fingerprint density at radius 1 is 1.12 bits per heavy atom. The van der Waals surface area contributed by atoms with Gasteiger partial charge in [0.1, 0.15) is 18.0 Å². The lowest BCUT2D eigenvalue weighted by Gasteiger charge is -2.32. The van der Waals surface area contributed by atoms with Gasteiger partial charge in [-0.1, -0.05) is 25.0 Å². The monoisotopic (exact) mass is 464 g/mol. The lowest BCUT2D eigenvalue weighted by atomic mass is 10.1. The van der Waals surface area contributed by atoms with Crippen molar-refractivity contribution in [2.75, 3.05) is 31.6 Å². The lowest BCUT2D eigenvalue weighted by molar-refractivity contribution is -0.117. The molecule has 1 saturated heterocycles. The number of carbonyl (C=O) groups excluding carboxylic acids is 1. The normalized spacial score (nSPS) is 17.5. The zero-order valence-electron chi connectivity index (χ0n) is 20.6. The second-order valence-corrected chi connectivity index (χ2v) is 9.38. The van der Waals surface area contributed by atoms with Crippen LogP contribution in [0.3, 0.4) is 0 Å². The number of para-hydroxylation sites is 2. The van der Waals surface area contributed by atoms with Crippen LogP contribution in [0.2, 0.25) is 0 Å². The Morgan fingerprint density at radius 2 is 1.79 bits per heavy atom. The predicted octanol–water partition coefficient (Wildman–Crippen LogP) is 4.97. The zero-order chi connectivity index (χ0) is 24.1. The summed E-state index contributed by atoms with van der Waals surface area (Å²) in [6.45, 7) is 8.50. The topological polar surface area (TPSA) is 79.5 Å². The molecular weight excluding hydrogens is 428 g/mol. The molecule has 1 aliphatic heterocycles. The van der Waals surface area contributed by atoms with Crippen LogP contribution >= 0.6 is 0 Å². The van der Waals surface area contributed by atoms with Crippen LogP contribution in [0.1, 0.15) is 68.3 Å². The van der Waals surface area contributed by atoms with E-state index >= 15 is 0 Å².